The standard InChI is InChI=1S/C10H12N2O2/c1-7(13)6-9-4-3-5-10(12-9)11-8(2)14/h3-5H,6H2,1-2H3,(H,11,12,14). The second-order valence-electron chi connectivity index (χ2n) is 3.07. The zero-order valence-electron chi connectivity index (χ0n) is 8.20. The van der Waals surface area contributed by atoms with Crippen LogP contribution in [0.4, 0.5) is 5.82 Å². The molecule has 0 saturated carbocycles. The summed E-state index contributed by atoms with van der Waals surface area (Å²) in [7, 11) is 0. The quantitative estimate of drug-likeness (QED) is 0.782. The lowest BCUT2D eigenvalue weighted by Crippen LogP contribution is -2.09. The summed E-state index contributed by atoms with van der Waals surface area (Å²) in [6.45, 7) is 2.92. The number of ketones is 1. The molecule has 0 saturated heterocycles. The summed E-state index contributed by atoms with van der Waals surface area (Å²) in [6, 6.07) is 5.20. The number of carbonyl (C=O) groups is 2. The first kappa shape index (κ1) is 10.4. The van der Waals surface area contributed by atoms with Gasteiger partial charge in [0.1, 0.15) is 11.6 Å². The highest BCUT2D eigenvalue weighted by Gasteiger charge is 2.01. The molecule has 0 aliphatic heterocycles. The van der Waals surface area contributed by atoms with Crippen molar-refractivity contribution in [3.8, 4) is 0 Å². The lowest BCUT2D eigenvalue weighted by atomic mass is 10.2. The molecule has 1 rings (SSSR count). The Kier molecular flexibility index (Phi) is 3.34. The number of aromatic nitrogens is 1. The average molecular weight is 192 g/mol. The van der Waals surface area contributed by atoms with E-state index in [1.54, 1.807) is 18.2 Å². The molecule has 0 aliphatic carbocycles. The molecule has 1 amide bonds. The minimum absolute atomic E-state index is 0.0532. The molecule has 1 heterocycles. The Morgan fingerprint density at radius 3 is 2.64 bits per heavy atom. The van der Waals surface area contributed by atoms with Gasteiger partial charge in [-0.15, -0.1) is 0 Å². The molecule has 0 aromatic carbocycles. The zero-order chi connectivity index (χ0) is 10.6. The van der Waals surface area contributed by atoms with E-state index in [0.29, 0.717) is 17.9 Å². The van der Waals surface area contributed by atoms with Crippen LogP contribution < -0.4 is 5.32 Å². The number of Topliss-reactive ketones (excluding diaryl/α,β-unsaturated/α-hetero) is 1. The highest BCUT2D eigenvalue weighted by atomic mass is 16.1. The molecule has 0 radical (unpaired) electrons. The van der Waals surface area contributed by atoms with Gasteiger partial charge >= 0.3 is 0 Å². The van der Waals surface area contributed by atoms with Gasteiger partial charge < -0.3 is 5.32 Å². The summed E-state index contributed by atoms with van der Waals surface area (Å²) in [5.74, 6) is 0.367. The maximum atomic E-state index is 10.8. The van der Waals surface area contributed by atoms with Gasteiger partial charge in [0.15, 0.2) is 0 Å². The SMILES string of the molecule is CC(=O)Cc1cccc(NC(C)=O)n1. The number of nitrogens with one attached hydrogen (secondary N) is 1. The van der Waals surface area contributed by atoms with Crippen LogP contribution in [0, 0.1) is 0 Å². The van der Waals surface area contributed by atoms with Crippen LogP contribution in [0.3, 0.4) is 0 Å². The molecule has 74 valence electrons. The topological polar surface area (TPSA) is 59.1 Å². The van der Waals surface area contributed by atoms with Crippen LogP contribution in [-0.2, 0) is 16.0 Å². The molecular weight excluding hydrogens is 180 g/mol. The normalized spacial score (nSPS) is 9.57. The number of anilines is 1. The highest BCUT2D eigenvalue weighted by molar-refractivity contribution is 5.87. The summed E-state index contributed by atoms with van der Waals surface area (Å²) in [4.78, 5) is 25.6. The molecule has 0 aliphatic rings. The van der Waals surface area contributed by atoms with E-state index in [9.17, 15) is 9.59 Å². The van der Waals surface area contributed by atoms with Crippen LogP contribution in [0.25, 0.3) is 0 Å². The van der Waals surface area contributed by atoms with Crippen molar-refractivity contribution >= 4 is 17.5 Å². The summed E-state index contributed by atoms with van der Waals surface area (Å²) < 4.78 is 0. The molecule has 0 unspecified atom stereocenters. The maximum absolute atomic E-state index is 10.8. The third-order valence-electron chi connectivity index (χ3n) is 1.54. The highest BCUT2D eigenvalue weighted by Crippen LogP contribution is 2.05. The van der Waals surface area contributed by atoms with Crippen molar-refractivity contribution in [2.24, 2.45) is 0 Å². The number of pyridine rings is 1. The van der Waals surface area contributed by atoms with Gasteiger partial charge in [0.25, 0.3) is 0 Å². The predicted octanol–water partition coefficient (Wildman–Crippen LogP) is 1.17. The third-order valence-corrected chi connectivity index (χ3v) is 1.54. The zero-order valence-corrected chi connectivity index (χ0v) is 8.20. The van der Waals surface area contributed by atoms with Crippen molar-refractivity contribution in [1.82, 2.24) is 4.98 Å². The maximum Gasteiger partial charge on any atom is 0.222 e. The van der Waals surface area contributed by atoms with Gasteiger partial charge in [-0.2, -0.15) is 0 Å². The van der Waals surface area contributed by atoms with Gasteiger partial charge in [-0.1, -0.05) is 6.07 Å². The number of hydrogen-bond donors (Lipinski definition) is 1. The van der Waals surface area contributed by atoms with Crippen molar-refractivity contribution < 1.29 is 9.59 Å². The molecule has 14 heavy (non-hydrogen) atoms. The predicted molar refractivity (Wildman–Crippen MR) is 52.9 cm³/mol. The molecule has 4 nitrogen and oxygen atoms in total. The van der Waals surface area contributed by atoms with Crippen molar-refractivity contribution in [3.05, 3.63) is 23.9 Å². The fourth-order valence-corrected chi connectivity index (χ4v) is 1.08. The van der Waals surface area contributed by atoms with Gasteiger partial charge in [0.2, 0.25) is 5.91 Å². The van der Waals surface area contributed by atoms with Gasteiger partial charge in [-0.05, 0) is 19.1 Å². The second-order valence-corrected chi connectivity index (χ2v) is 3.07. The molecule has 1 aromatic heterocycles. The van der Waals surface area contributed by atoms with Gasteiger partial charge in [-0.25, -0.2) is 4.98 Å². The Labute approximate surface area is 82.3 Å². The van der Waals surface area contributed by atoms with Crippen molar-refractivity contribution in [1.29, 1.82) is 0 Å². The average Bonchev–Trinajstić information content (AvgIpc) is 2.01. The number of hydrogen-bond acceptors (Lipinski definition) is 3. The fourth-order valence-electron chi connectivity index (χ4n) is 1.08. The van der Waals surface area contributed by atoms with E-state index in [0.717, 1.165) is 0 Å². The second kappa shape index (κ2) is 4.50. The molecular formula is C10H12N2O2. The monoisotopic (exact) mass is 192 g/mol. The number of amides is 1. The first-order chi connectivity index (χ1) is 6.58. The molecule has 0 bridgehead atoms. The Balaban J connectivity index is 2.78. The van der Waals surface area contributed by atoms with Crippen LogP contribution in [0.5, 0.6) is 0 Å². The smallest absolute Gasteiger partial charge is 0.222 e. The summed E-state index contributed by atoms with van der Waals surface area (Å²) >= 11 is 0. The van der Waals surface area contributed by atoms with E-state index in [1.165, 1.54) is 13.8 Å². The Morgan fingerprint density at radius 2 is 2.07 bits per heavy atom. The van der Waals surface area contributed by atoms with E-state index in [2.05, 4.69) is 10.3 Å². The van der Waals surface area contributed by atoms with Crippen LogP contribution in [-0.4, -0.2) is 16.7 Å². The summed E-state index contributed by atoms with van der Waals surface area (Å²) in [6.07, 6.45) is 0.299. The van der Waals surface area contributed by atoms with Crippen LogP contribution in [0.2, 0.25) is 0 Å². The van der Waals surface area contributed by atoms with Crippen LogP contribution in [0.15, 0.2) is 18.2 Å². The lowest BCUT2D eigenvalue weighted by Gasteiger charge is -2.02. The van der Waals surface area contributed by atoms with Gasteiger partial charge in [0, 0.05) is 13.3 Å². The first-order valence-electron chi connectivity index (χ1n) is 4.31. The third kappa shape index (κ3) is 3.35. The van der Waals surface area contributed by atoms with Crippen LogP contribution >= 0.6 is 0 Å². The van der Waals surface area contributed by atoms with Crippen molar-refractivity contribution in [2.45, 2.75) is 20.3 Å². The Bertz CT molecular complexity index is 330. The minimum Gasteiger partial charge on any atom is -0.311 e. The molecule has 0 fully saturated rings. The molecule has 0 atom stereocenters. The number of nitrogens with zero attached hydrogens (tertiary/aromatic N) is 1. The van der Waals surface area contributed by atoms with E-state index in [-0.39, 0.29) is 11.7 Å². The van der Waals surface area contributed by atoms with Gasteiger partial charge in [0.05, 0.1) is 5.69 Å². The number of carbonyl (C=O) groups excluding carboxylic acids is 2. The molecule has 1 N–H and O–H groups in total. The lowest BCUT2D eigenvalue weighted by molar-refractivity contribution is -0.116. The van der Waals surface area contributed by atoms with E-state index < -0.39 is 0 Å². The molecule has 0 spiro atoms. The molecule has 1 aromatic rings. The Morgan fingerprint density at radius 1 is 1.36 bits per heavy atom. The van der Waals surface area contributed by atoms with E-state index >= 15 is 0 Å². The summed E-state index contributed by atoms with van der Waals surface area (Å²) in [5, 5.41) is 2.56. The number of rotatable bonds is 3. The molecule has 4 heteroatoms. The van der Waals surface area contributed by atoms with Crippen molar-refractivity contribution in [3.63, 3.8) is 0 Å². The van der Waals surface area contributed by atoms with Crippen LogP contribution in [0.1, 0.15) is 19.5 Å². The van der Waals surface area contributed by atoms with Crippen molar-refractivity contribution in [2.75, 3.05) is 5.32 Å². The van der Waals surface area contributed by atoms with E-state index in [4.69, 9.17) is 0 Å². The minimum atomic E-state index is -0.169. The fraction of sp³-hybridized carbons (Fsp3) is 0.300. The van der Waals surface area contributed by atoms with Gasteiger partial charge in [-0.3, -0.25) is 9.59 Å². The van der Waals surface area contributed by atoms with E-state index in [1.807, 2.05) is 0 Å². The first-order valence-corrected chi connectivity index (χ1v) is 4.31. The summed E-state index contributed by atoms with van der Waals surface area (Å²) in [5.41, 5.74) is 0.670. The Hall–Kier alpha value is -1.71. The largest absolute Gasteiger partial charge is 0.311 e.